The Kier molecular flexibility index (Phi) is 7.13. The van der Waals surface area contributed by atoms with Crippen LogP contribution in [-0.4, -0.2) is 38.8 Å². The lowest BCUT2D eigenvalue weighted by Gasteiger charge is -2.12. The fourth-order valence-corrected chi connectivity index (χ4v) is 1.58. The van der Waals surface area contributed by atoms with Gasteiger partial charge in [-0.1, -0.05) is 0 Å². The molecule has 0 saturated heterocycles. The molecule has 0 aliphatic rings. The summed E-state index contributed by atoms with van der Waals surface area (Å²) in [6.07, 6.45) is 3.28. The number of rotatable bonds is 9. The second-order valence-electron chi connectivity index (χ2n) is 4.26. The van der Waals surface area contributed by atoms with Crippen molar-refractivity contribution >= 4 is 5.91 Å². The molecule has 1 rings (SSSR count). The van der Waals surface area contributed by atoms with E-state index < -0.39 is 0 Å². The highest BCUT2D eigenvalue weighted by molar-refractivity contribution is 5.77. The average Bonchev–Trinajstić information content (AvgIpc) is 2.85. The van der Waals surface area contributed by atoms with E-state index in [2.05, 4.69) is 10.6 Å². The molecule has 0 radical (unpaired) electrons. The molecule has 1 unspecified atom stereocenters. The van der Waals surface area contributed by atoms with Crippen LogP contribution in [-0.2, 0) is 16.0 Å². The number of amides is 1. The lowest BCUT2D eigenvalue weighted by atomic mass is 10.2. The number of methoxy groups -OCH3 is 1. The Morgan fingerprint density at radius 2 is 2.39 bits per heavy atom. The molecule has 5 nitrogen and oxygen atoms in total. The van der Waals surface area contributed by atoms with Gasteiger partial charge in [0.15, 0.2) is 0 Å². The first-order chi connectivity index (χ1) is 8.72. The third-order valence-electron chi connectivity index (χ3n) is 2.55. The highest BCUT2D eigenvalue weighted by atomic mass is 16.5. The lowest BCUT2D eigenvalue weighted by Crippen LogP contribution is -2.39. The average molecular weight is 254 g/mol. The van der Waals surface area contributed by atoms with Crippen molar-refractivity contribution in [1.82, 2.24) is 10.6 Å². The van der Waals surface area contributed by atoms with Gasteiger partial charge in [-0.15, -0.1) is 0 Å². The summed E-state index contributed by atoms with van der Waals surface area (Å²) in [6.45, 7) is 3.68. The summed E-state index contributed by atoms with van der Waals surface area (Å²) >= 11 is 0. The Labute approximate surface area is 108 Å². The zero-order chi connectivity index (χ0) is 13.2. The molecule has 0 aliphatic heterocycles. The van der Waals surface area contributed by atoms with E-state index in [0.717, 1.165) is 18.6 Å². The molecule has 102 valence electrons. The SMILES string of the molecule is COCCCNC(=O)CNC(C)Cc1ccco1. The minimum Gasteiger partial charge on any atom is -0.469 e. The normalized spacial score (nSPS) is 12.3. The van der Waals surface area contributed by atoms with Crippen LogP contribution in [0.5, 0.6) is 0 Å². The maximum Gasteiger partial charge on any atom is 0.233 e. The fraction of sp³-hybridized carbons (Fsp3) is 0.615. The first kappa shape index (κ1) is 14.7. The van der Waals surface area contributed by atoms with Gasteiger partial charge in [0.25, 0.3) is 0 Å². The van der Waals surface area contributed by atoms with Crippen LogP contribution in [0.25, 0.3) is 0 Å². The summed E-state index contributed by atoms with van der Waals surface area (Å²) in [5.41, 5.74) is 0. The summed E-state index contributed by atoms with van der Waals surface area (Å²) in [5, 5.41) is 5.99. The molecule has 0 spiro atoms. The third kappa shape index (κ3) is 6.42. The minimum absolute atomic E-state index is 0.0115. The molecule has 0 aromatic carbocycles. The number of hydrogen-bond donors (Lipinski definition) is 2. The Hall–Kier alpha value is -1.33. The van der Waals surface area contributed by atoms with Gasteiger partial charge in [0.2, 0.25) is 5.91 Å². The zero-order valence-electron chi connectivity index (χ0n) is 11.1. The largest absolute Gasteiger partial charge is 0.469 e. The van der Waals surface area contributed by atoms with E-state index in [0.29, 0.717) is 19.7 Å². The summed E-state index contributed by atoms with van der Waals surface area (Å²) in [5.74, 6) is 0.938. The van der Waals surface area contributed by atoms with Crippen LogP contribution in [0.3, 0.4) is 0 Å². The Bertz CT molecular complexity index is 325. The topological polar surface area (TPSA) is 63.5 Å². The predicted octanol–water partition coefficient (Wildman–Crippen LogP) is 0.953. The molecule has 0 saturated carbocycles. The van der Waals surface area contributed by atoms with Gasteiger partial charge in [0.1, 0.15) is 5.76 Å². The molecule has 18 heavy (non-hydrogen) atoms. The van der Waals surface area contributed by atoms with Crippen LogP contribution in [0, 0.1) is 0 Å². The van der Waals surface area contributed by atoms with E-state index in [4.69, 9.17) is 9.15 Å². The number of nitrogens with one attached hydrogen (secondary N) is 2. The summed E-state index contributed by atoms with van der Waals surface area (Å²) < 4.78 is 10.2. The summed E-state index contributed by atoms with van der Waals surface area (Å²) in [4.78, 5) is 11.5. The maximum absolute atomic E-state index is 11.5. The number of furan rings is 1. The summed E-state index contributed by atoms with van der Waals surface area (Å²) in [7, 11) is 1.65. The summed E-state index contributed by atoms with van der Waals surface area (Å²) in [6, 6.07) is 4.01. The maximum atomic E-state index is 11.5. The Balaban J connectivity index is 2.06. The first-order valence-corrected chi connectivity index (χ1v) is 6.23. The van der Waals surface area contributed by atoms with Crippen molar-refractivity contribution in [2.24, 2.45) is 0 Å². The Morgan fingerprint density at radius 3 is 3.06 bits per heavy atom. The third-order valence-corrected chi connectivity index (χ3v) is 2.55. The fourth-order valence-electron chi connectivity index (χ4n) is 1.58. The van der Waals surface area contributed by atoms with Crippen LogP contribution >= 0.6 is 0 Å². The molecule has 0 aliphatic carbocycles. The standard InChI is InChI=1S/C13H22N2O3/c1-11(9-12-5-3-8-18-12)15-10-13(16)14-6-4-7-17-2/h3,5,8,11,15H,4,6-7,9-10H2,1-2H3,(H,14,16). The molecule has 0 fully saturated rings. The number of ether oxygens (including phenoxy) is 1. The van der Waals surface area contributed by atoms with Gasteiger partial charge in [0.05, 0.1) is 12.8 Å². The van der Waals surface area contributed by atoms with Gasteiger partial charge in [-0.05, 0) is 25.5 Å². The van der Waals surface area contributed by atoms with Gasteiger partial charge in [-0.25, -0.2) is 0 Å². The molecule has 0 bridgehead atoms. The van der Waals surface area contributed by atoms with Gasteiger partial charge in [0, 0.05) is 32.7 Å². The van der Waals surface area contributed by atoms with E-state index in [-0.39, 0.29) is 11.9 Å². The van der Waals surface area contributed by atoms with Gasteiger partial charge >= 0.3 is 0 Å². The number of hydrogen-bond acceptors (Lipinski definition) is 4. The molecule has 5 heteroatoms. The van der Waals surface area contributed by atoms with Crippen LogP contribution < -0.4 is 10.6 Å². The number of carbonyl (C=O) groups is 1. The zero-order valence-corrected chi connectivity index (χ0v) is 11.1. The molecular weight excluding hydrogens is 232 g/mol. The van der Waals surface area contributed by atoms with E-state index in [1.165, 1.54) is 0 Å². The van der Waals surface area contributed by atoms with Crippen molar-refractivity contribution in [1.29, 1.82) is 0 Å². The van der Waals surface area contributed by atoms with Crippen molar-refractivity contribution in [2.75, 3.05) is 26.8 Å². The van der Waals surface area contributed by atoms with Crippen molar-refractivity contribution in [3.05, 3.63) is 24.2 Å². The molecule has 2 N–H and O–H groups in total. The van der Waals surface area contributed by atoms with Gasteiger partial charge in [-0.3, -0.25) is 4.79 Å². The van der Waals surface area contributed by atoms with Crippen molar-refractivity contribution < 1.29 is 13.9 Å². The van der Waals surface area contributed by atoms with Crippen molar-refractivity contribution in [3.8, 4) is 0 Å². The van der Waals surface area contributed by atoms with Gasteiger partial charge in [-0.2, -0.15) is 0 Å². The smallest absolute Gasteiger partial charge is 0.233 e. The minimum atomic E-state index is 0.0115. The predicted molar refractivity (Wildman–Crippen MR) is 69.4 cm³/mol. The van der Waals surface area contributed by atoms with Crippen LogP contribution in [0.15, 0.2) is 22.8 Å². The molecule has 1 heterocycles. The lowest BCUT2D eigenvalue weighted by molar-refractivity contribution is -0.120. The number of carbonyl (C=O) groups excluding carboxylic acids is 1. The van der Waals surface area contributed by atoms with Crippen LogP contribution in [0.4, 0.5) is 0 Å². The van der Waals surface area contributed by atoms with Crippen LogP contribution in [0.1, 0.15) is 19.1 Å². The molecule has 1 atom stereocenters. The Morgan fingerprint density at radius 1 is 1.56 bits per heavy atom. The molecule has 1 aromatic rings. The molecule has 1 aromatic heterocycles. The van der Waals surface area contributed by atoms with Crippen LogP contribution in [0.2, 0.25) is 0 Å². The molecule has 1 amide bonds. The molecular formula is C13H22N2O3. The second-order valence-corrected chi connectivity index (χ2v) is 4.26. The van der Waals surface area contributed by atoms with E-state index in [1.807, 2.05) is 19.1 Å². The van der Waals surface area contributed by atoms with Gasteiger partial charge < -0.3 is 19.8 Å². The first-order valence-electron chi connectivity index (χ1n) is 6.23. The van der Waals surface area contributed by atoms with E-state index in [1.54, 1.807) is 13.4 Å². The highest BCUT2D eigenvalue weighted by Gasteiger charge is 2.07. The van der Waals surface area contributed by atoms with Crippen molar-refractivity contribution in [2.45, 2.75) is 25.8 Å². The highest BCUT2D eigenvalue weighted by Crippen LogP contribution is 2.03. The quantitative estimate of drug-likeness (QED) is 0.644. The second kappa shape index (κ2) is 8.72. The van der Waals surface area contributed by atoms with E-state index in [9.17, 15) is 4.79 Å². The van der Waals surface area contributed by atoms with E-state index >= 15 is 0 Å². The van der Waals surface area contributed by atoms with Crippen molar-refractivity contribution in [3.63, 3.8) is 0 Å². The monoisotopic (exact) mass is 254 g/mol.